The molecular weight excluding hydrogens is 212 g/mol. The molecule has 0 aromatic heterocycles. The molecule has 2 unspecified atom stereocenters. The lowest BCUT2D eigenvalue weighted by molar-refractivity contribution is 0.0601. The highest BCUT2D eigenvalue weighted by Gasteiger charge is 2.39. The van der Waals surface area contributed by atoms with Gasteiger partial charge in [-0.25, -0.2) is 0 Å². The van der Waals surface area contributed by atoms with Gasteiger partial charge in [-0.1, -0.05) is 20.8 Å². The lowest BCUT2D eigenvalue weighted by atomic mass is 9.82. The zero-order valence-corrected chi connectivity index (χ0v) is 12.3. The van der Waals surface area contributed by atoms with E-state index in [0.717, 1.165) is 32.8 Å². The Hall–Kier alpha value is -0.120. The molecule has 0 amide bonds. The van der Waals surface area contributed by atoms with Gasteiger partial charge in [-0.05, 0) is 39.9 Å². The van der Waals surface area contributed by atoms with E-state index in [1.54, 1.807) is 0 Å². The van der Waals surface area contributed by atoms with E-state index >= 15 is 0 Å². The average Bonchev–Trinajstić information content (AvgIpc) is 2.80. The molecule has 0 aromatic rings. The van der Waals surface area contributed by atoms with E-state index in [-0.39, 0.29) is 5.54 Å². The summed E-state index contributed by atoms with van der Waals surface area (Å²) in [5.41, 5.74) is 0.192. The zero-order valence-electron chi connectivity index (χ0n) is 12.3. The Balaban J connectivity index is 2.79. The van der Waals surface area contributed by atoms with Crippen LogP contribution in [0.15, 0.2) is 0 Å². The molecule has 1 heterocycles. The molecule has 0 aliphatic carbocycles. The van der Waals surface area contributed by atoms with Crippen molar-refractivity contribution in [2.45, 2.75) is 52.6 Å². The van der Waals surface area contributed by atoms with Gasteiger partial charge in [0.25, 0.3) is 0 Å². The van der Waals surface area contributed by atoms with Gasteiger partial charge in [-0.2, -0.15) is 0 Å². The predicted octanol–water partition coefficient (Wildman–Crippen LogP) is 2.12. The molecule has 2 atom stereocenters. The molecule has 3 heteroatoms. The van der Waals surface area contributed by atoms with E-state index in [9.17, 15) is 0 Å². The van der Waals surface area contributed by atoms with Crippen LogP contribution in [0.5, 0.6) is 0 Å². The smallest absolute Gasteiger partial charge is 0.0510 e. The third kappa shape index (κ3) is 3.43. The highest BCUT2D eigenvalue weighted by molar-refractivity contribution is 4.97. The Morgan fingerprint density at radius 1 is 1.29 bits per heavy atom. The molecule has 102 valence electrons. The van der Waals surface area contributed by atoms with Crippen LogP contribution in [0.25, 0.3) is 0 Å². The lowest BCUT2D eigenvalue weighted by Crippen LogP contribution is -2.60. The highest BCUT2D eigenvalue weighted by Crippen LogP contribution is 2.28. The van der Waals surface area contributed by atoms with Crippen molar-refractivity contribution in [1.29, 1.82) is 0 Å². The fourth-order valence-corrected chi connectivity index (χ4v) is 3.26. The summed E-state index contributed by atoms with van der Waals surface area (Å²) >= 11 is 0. The topological polar surface area (TPSA) is 24.5 Å². The van der Waals surface area contributed by atoms with E-state index in [0.29, 0.717) is 12.0 Å². The summed E-state index contributed by atoms with van der Waals surface area (Å²) in [7, 11) is 0. The highest BCUT2D eigenvalue weighted by atomic mass is 16.5. The first-order chi connectivity index (χ1) is 8.07. The van der Waals surface area contributed by atoms with E-state index in [2.05, 4.69) is 44.8 Å². The van der Waals surface area contributed by atoms with Crippen LogP contribution in [-0.2, 0) is 4.74 Å². The average molecular weight is 242 g/mol. The summed E-state index contributed by atoms with van der Waals surface area (Å²) in [6.45, 7) is 16.5. The first-order valence-corrected chi connectivity index (χ1v) is 7.14. The third-order valence-corrected chi connectivity index (χ3v) is 4.20. The minimum Gasteiger partial charge on any atom is -0.381 e. The van der Waals surface area contributed by atoms with Gasteiger partial charge in [-0.3, -0.25) is 4.90 Å². The molecule has 0 bridgehead atoms. The van der Waals surface area contributed by atoms with Crippen molar-refractivity contribution >= 4 is 0 Å². The van der Waals surface area contributed by atoms with Crippen molar-refractivity contribution in [2.24, 2.45) is 5.92 Å². The zero-order chi connectivity index (χ0) is 12.9. The largest absolute Gasteiger partial charge is 0.381 e. The van der Waals surface area contributed by atoms with Gasteiger partial charge < -0.3 is 10.1 Å². The Labute approximate surface area is 107 Å². The van der Waals surface area contributed by atoms with Crippen molar-refractivity contribution in [3.8, 4) is 0 Å². The summed E-state index contributed by atoms with van der Waals surface area (Å²) in [5, 5.41) is 3.69. The van der Waals surface area contributed by atoms with Gasteiger partial charge in [0.1, 0.15) is 0 Å². The van der Waals surface area contributed by atoms with Crippen molar-refractivity contribution < 1.29 is 4.74 Å². The lowest BCUT2D eigenvalue weighted by Gasteiger charge is -2.46. The number of hydrogen-bond acceptors (Lipinski definition) is 3. The number of ether oxygens (including phenoxy) is 1. The van der Waals surface area contributed by atoms with E-state index in [1.165, 1.54) is 6.42 Å². The molecule has 0 radical (unpaired) electrons. The molecule has 0 spiro atoms. The van der Waals surface area contributed by atoms with Crippen molar-refractivity contribution in [3.63, 3.8) is 0 Å². The van der Waals surface area contributed by atoms with Crippen LogP contribution in [0.4, 0.5) is 0 Å². The maximum Gasteiger partial charge on any atom is 0.0510 e. The second-order valence-electron chi connectivity index (χ2n) is 5.48. The maximum atomic E-state index is 5.57. The summed E-state index contributed by atoms with van der Waals surface area (Å²) in [6, 6.07) is 0.523. The van der Waals surface area contributed by atoms with Crippen molar-refractivity contribution in [2.75, 3.05) is 32.8 Å². The first kappa shape index (κ1) is 14.9. The molecule has 1 aliphatic rings. The van der Waals surface area contributed by atoms with Gasteiger partial charge in [-0.15, -0.1) is 0 Å². The number of nitrogens with zero attached hydrogens (tertiary/aromatic N) is 1. The summed E-state index contributed by atoms with van der Waals surface area (Å²) < 4.78 is 5.57. The molecule has 1 saturated heterocycles. The minimum atomic E-state index is 0.192. The number of likely N-dealkylation sites (N-methyl/N-ethyl adjacent to an activating group) is 2. The first-order valence-electron chi connectivity index (χ1n) is 7.14. The molecule has 0 aromatic carbocycles. The van der Waals surface area contributed by atoms with Crippen LogP contribution in [-0.4, -0.2) is 49.3 Å². The summed E-state index contributed by atoms with van der Waals surface area (Å²) in [5.74, 6) is 0.658. The maximum absolute atomic E-state index is 5.57. The van der Waals surface area contributed by atoms with Crippen molar-refractivity contribution in [3.05, 3.63) is 0 Å². The Kier molecular flexibility index (Phi) is 5.90. The molecule has 1 N–H and O–H groups in total. The van der Waals surface area contributed by atoms with Crippen LogP contribution >= 0.6 is 0 Å². The molecule has 3 nitrogen and oxygen atoms in total. The normalized spacial score (nSPS) is 23.3. The van der Waals surface area contributed by atoms with E-state index in [4.69, 9.17) is 4.74 Å². The second-order valence-corrected chi connectivity index (χ2v) is 5.48. The number of hydrogen-bond donors (Lipinski definition) is 1. The van der Waals surface area contributed by atoms with Gasteiger partial charge in [0.05, 0.1) is 6.61 Å². The SMILES string of the molecule is CCNC(C1CCOC1)C(C)(C)N(CC)CC. The summed E-state index contributed by atoms with van der Waals surface area (Å²) in [6.07, 6.45) is 1.20. The monoisotopic (exact) mass is 242 g/mol. The molecular formula is C14H30N2O. The van der Waals surface area contributed by atoms with E-state index in [1.807, 2.05) is 0 Å². The van der Waals surface area contributed by atoms with Gasteiger partial charge in [0.15, 0.2) is 0 Å². The molecule has 1 aliphatic heterocycles. The fourth-order valence-electron chi connectivity index (χ4n) is 3.26. The predicted molar refractivity (Wildman–Crippen MR) is 73.4 cm³/mol. The van der Waals surface area contributed by atoms with Crippen LogP contribution < -0.4 is 5.32 Å². The van der Waals surface area contributed by atoms with Crippen LogP contribution in [0.3, 0.4) is 0 Å². The van der Waals surface area contributed by atoms with Crippen LogP contribution in [0.1, 0.15) is 41.0 Å². The summed E-state index contributed by atoms with van der Waals surface area (Å²) in [4.78, 5) is 2.55. The van der Waals surface area contributed by atoms with Gasteiger partial charge >= 0.3 is 0 Å². The Morgan fingerprint density at radius 3 is 2.35 bits per heavy atom. The Bertz CT molecular complexity index is 208. The minimum absolute atomic E-state index is 0.192. The standard InChI is InChI=1S/C14H30N2O/c1-6-15-13(12-9-10-17-11-12)14(4,5)16(7-2)8-3/h12-13,15H,6-11H2,1-5H3. The van der Waals surface area contributed by atoms with Crippen LogP contribution in [0.2, 0.25) is 0 Å². The number of rotatable bonds is 7. The van der Waals surface area contributed by atoms with E-state index < -0.39 is 0 Å². The molecule has 1 rings (SSSR count). The van der Waals surface area contributed by atoms with Crippen molar-refractivity contribution in [1.82, 2.24) is 10.2 Å². The number of nitrogens with one attached hydrogen (secondary N) is 1. The quantitative estimate of drug-likeness (QED) is 0.740. The second kappa shape index (κ2) is 6.72. The molecule has 0 saturated carbocycles. The van der Waals surface area contributed by atoms with Crippen LogP contribution in [0, 0.1) is 5.92 Å². The Morgan fingerprint density at radius 2 is 1.94 bits per heavy atom. The molecule has 17 heavy (non-hydrogen) atoms. The molecule has 1 fully saturated rings. The third-order valence-electron chi connectivity index (χ3n) is 4.20. The fraction of sp³-hybridized carbons (Fsp3) is 1.00. The van der Waals surface area contributed by atoms with Gasteiger partial charge in [0.2, 0.25) is 0 Å². The van der Waals surface area contributed by atoms with Gasteiger partial charge in [0, 0.05) is 24.1 Å².